The number of hydrogen-bond donors (Lipinski definition) is 1. The van der Waals surface area contributed by atoms with Gasteiger partial charge in [-0.05, 0) is 42.7 Å². The second-order valence-electron chi connectivity index (χ2n) is 5.31. The third-order valence-corrected chi connectivity index (χ3v) is 3.75. The summed E-state index contributed by atoms with van der Waals surface area (Å²) < 4.78 is 5.18. The van der Waals surface area contributed by atoms with Crippen LogP contribution < -0.4 is 5.32 Å². The lowest BCUT2D eigenvalue weighted by molar-refractivity contribution is -0.122. The molecule has 2 aromatic rings. The number of carbonyl (C=O) groups excluding carboxylic acids is 1. The Morgan fingerprint density at radius 2 is 2.04 bits per heavy atom. The molecule has 0 spiro atoms. The molecule has 0 aliphatic heterocycles. The fraction of sp³-hybridized carbons (Fsp3) is 0.333. The summed E-state index contributed by atoms with van der Waals surface area (Å²) in [6.07, 6.45) is 3.82. The van der Waals surface area contributed by atoms with E-state index in [9.17, 15) is 4.79 Å². The first-order chi connectivity index (χ1) is 11.2. The zero-order valence-electron chi connectivity index (χ0n) is 13.2. The third-order valence-electron chi connectivity index (χ3n) is 3.50. The van der Waals surface area contributed by atoms with E-state index in [1.165, 1.54) is 5.56 Å². The van der Waals surface area contributed by atoms with Gasteiger partial charge in [-0.25, -0.2) is 0 Å². The average molecular weight is 333 g/mol. The number of hydrogen-bond acceptors (Lipinski definition) is 3. The topological polar surface area (TPSA) is 51.2 Å². The predicted molar refractivity (Wildman–Crippen MR) is 91.4 cm³/mol. The fourth-order valence-corrected chi connectivity index (χ4v) is 2.45. The standard InChI is InChI=1S/C18H21ClN2O2/c1-23-13-17(16-6-2-3-12-20-16)21-18(22)7-4-5-14-8-10-15(19)11-9-14/h2-3,6,8-12,17H,4-5,7,13H2,1H3,(H,21,22)/t17-/m1/s1. The molecule has 0 unspecified atom stereocenters. The van der Waals surface area contributed by atoms with Crippen molar-refractivity contribution in [3.8, 4) is 0 Å². The van der Waals surface area contributed by atoms with Crippen molar-refractivity contribution in [1.29, 1.82) is 0 Å². The number of aromatic nitrogens is 1. The maximum Gasteiger partial charge on any atom is 0.220 e. The zero-order chi connectivity index (χ0) is 16.5. The SMILES string of the molecule is COC[C@@H](NC(=O)CCCc1ccc(Cl)cc1)c1ccccn1. The van der Waals surface area contributed by atoms with Crippen LogP contribution in [0.25, 0.3) is 0 Å². The minimum Gasteiger partial charge on any atom is -0.382 e. The molecule has 0 bridgehead atoms. The molecule has 0 fully saturated rings. The van der Waals surface area contributed by atoms with E-state index in [1.54, 1.807) is 13.3 Å². The van der Waals surface area contributed by atoms with Crippen molar-refractivity contribution >= 4 is 17.5 Å². The van der Waals surface area contributed by atoms with E-state index in [2.05, 4.69) is 10.3 Å². The van der Waals surface area contributed by atoms with Crippen molar-refractivity contribution in [1.82, 2.24) is 10.3 Å². The molecule has 0 saturated carbocycles. The summed E-state index contributed by atoms with van der Waals surface area (Å²) in [5, 5.41) is 3.71. The van der Waals surface area contributed by atoms with E-state index in [4.69, 9.17) is 16.3 Å². The zero-order valence-corrected chi connectivity index (χ0v) is 13.9. The minimum atomic E-state index is -0.218. The van der Waals surface area contributed by atoms with Crippen LogP contribution in [0.2, 0.25) is 5.02 Å². The highest BCUT2D eigenvalue weighted by molar-refractivity contribution is 6.30. The van der Waals surface area contributed by atoms with Gasteiger partial charge in [-0.15, -0.1) is 0 Å². The molecule has 5 heteroatoms. The van der Waals surface area contributed by atoms with E-state index in [0.29, 0.717) is 13.0 Å². The van der Waals surface area contributed by atoms with Crippen LogP contribution in [0.3, 0.4) is 0 Å². The molecule has 0 aliphatic rings. The van der Waals surface area contributed by atoms with E-state index in [1.807, 2.05) is 42.5 Å². The molecule has 0 aliphatic carbocycles. The van der Waals surface area contributed by atoms with E-state index in [0.717, 1.165) is 23.6 Å². The van der Waals surface area contributed by atoms with Crippen LogP contribution >= 0.6 is 11.6 Å². The van der Waals surface area contributed by atoms with Crippen molar-refractivity contribution in [2.45, 2.75) is 25.3 Å². The van der Waals surface area contributed by atoms with Crippen LogP contribution in [-0.2, 0) is 16.0 Å². The number of pyridine rings is 1. The quantitative estimate of drug-likeness (QED) is 0.804. The summed E-state index contributed by atoms with van der Waals surface area (Å²) in [6.45, 7) is 0.403. The van der Waals surface area contributed by atoms with Crippen LogP contribution in [0.15, 0.2) is 48.7 Å². The highest BCUT2D eigenvalue weighted by Gasteiger charge is 2.15. The number of amides is 1. The van der Waals surface area contributed by atoms with E-state index < -0.39 is 0 Å². The summed E-state index contributed by atoms with van der Waals surface area (Å²) in [6, 6.07) is 13.1. The normalized spacial score (nSPS) is 11.9. The van der Waals surface area contributed by atoms with Crippen molar-refractivity contribution < 1.29 is 9.53 Å². The summed E-state index contributed by atoms with van der Waals surface area (Å²) in [5.74, 6) is 0.00617. The molecule has 0 saturated heterocycles. The Morgan fingerprint density at radius 3 is 2.70 bits per heavy atom. The summed E-state index contributed by atoms with van der Waals surface area (Å²) in [7, 11) is 1.61. The lowest BCUT2D eigenvalue weighted by Crippen LogP contribution is -2.31. The van der Waals surface area contributed by atoms with Crippen LogP contribution in [0.5, 0.6) is 0 Å². The maximum atomic E-state index is 12.1. The number of halogens is 1. The van der Waals surface area contributed by atoms with Gasteiger partial charge in [0.2, 0.25) is 5.91 Å². The Hall–Kier alpha value is -1.91. The van der Waals surface area contributed by atoms with Crippen LogP contribution in [-0.4, -0.2) is 24.6 Å². The lowest BCUT2D eigenvalue weighted by Gasteiger charge is -2.17. The van der Waals surface area contributed by atoms with Crippen LogP contribution in [0.4, 0.5) is 0 Å². The highest BCUT2D eigenvalue weighted by Crippen LogP contribution is 2.13. The molecule has 4 nitrogen and oxygen atoms in total. The van der Waals surface area contributed by atoms with Gasteiger partial charge in [0.05, 0.1) is 18.3 Å². The molecule has 1 amide bonds. The number of nitrogens with zero attached hydrogens (tertiary/aromatic N) is 1. The van der Waals surface area contributed by atoms with Crippen molar-refractivity contribution in [3.63, 3.8) is 0 Å². The number of nitrogens with one attached hydrogen (secondary N) is 1. The first-order valence-corrected chi connectivity index (χ1v) is 8.00. The smallest absolute Gasteiger partial charge is 0.220 e. The largest absolute Gasteiger partial charge is 0.382 e. The van der Waals surface area contributed by atoms with Gasteiger partial charge < -0.3 is 10.1 Å². The van der Waals surface area contributed by atoms with Crippen molar-refractivity contribution in [2.24, 2.45) is 0 Å². The fourth-order valence-electron chi connectivity index (χ4n) is 2.32. The Bertz CT molecular complexity index is 602. The molecule has 1 N–H and O–H groups in total. The Balaban J connectivity index is 1.81. The molecule has 1 aromatic heterocycles. The third kappa shape index (κ3) is 6.00. The Morgan fingerprint density at radius 1 is 1.26 bits per heavy atom. The number of benzene rings is 1. The Kier molecular flexibility index (Phi) is 7.04. The number of rotatable bonds is 8. The van der Waals surface area contributed by atoms with E-state index >= 15 is 0 Å². The van der Waals surface area contributed by atoms with Gasteiger partial charge >= 0.3 is 0 Å². The maximum absolute atomic E-state index is 12.1. The number of carbonyl (C=O) groups is 1. The first kappa shape index (κ1) is 17.4. The summed E-state index contributed by atoms with van der Waals surface area (Å²) >= 11 is 5.86. The van der Waals surface area contributed by atoms with Gasteiger partial charge in [0.25, 0.3) is 0 Å². The van der Waals surface area contributed by atoms with Gasteiger partial charge in [-0.2, -0.15) is 0 Å². The van der Waals surface area contributed by atoms with Crippen molar-refractivity contribution in [3.05, 3.63) is 64.9 Å². The number of ether oxygens (including phenoxy) is 1. The van der Waals surface area contributed by atoms with Gasteiger partial charge in [-0.3, -0.25) is 9.78 Å². The Labute approximate surface area is 141 Å². The van der Waals surface area contributed by atoms with Gasteiger partial charge in [0.15, 0.2) is 0 Å². The first-order valence-electron chi connectivity index (χ1n) is 7.62. The van der Waals surface area contributed by atoms with E-state index in [-0.39, 0.29) is 11.9 Å². The number of aryl methyl sites for hydroxylation is 1. The van der Waals surface area contributed by atoms with Crippen LogP contribution in [0, 0.1) is 0 Å². The average Bonchev–Trinajstić information content (AvgIpc) is 2.57. The molecule has 23 heavy (non-hydrogen) atoms. The minimum absolute atomic E-state index is 0.00617. The lowest BCUT2D eigenvalue weighted by atomic mass is 10.1. The second kappa shape index (κ2) is 9.28. The molecule has 0 radical (unpaired) electrons. The predicted octanol–water partition coefficient (Wildman–Crippen LogP) is 3.56. The summed E-state index contributed by atoms with van der Waals surface area (Å²) in [5.41, 5.74) is 1.99. The number of methoxy groups -OCH3 is 1. The molecule has 1 aromatic carbocycles. The van der Waals surface area contributed by atoms with Gasteiger partial charge in [0, 0.05) is 24.8 Å². The highest BCUT2D eigenvalue weighted by atomic mass is 35.5. The van der Waals surface area contributed by atoms with Gasteiger partial charge in [0.1, 0.15) is 0 Å². The monoisotopic (exact) mass is 332 g/mol. The molecule has 122 valence electrons. The molecule has 1 atom stereocenters. The molecule has 2 rings (SSSR count). The molecule has 1 heterocycles. The second-order valence-corrected chi connectivity index (χ2v) is 5.75. The summed E-state index contributed by atoms with van der Waals surface area (Å²) in [4.78, 5) is 16.4. The van der Waals surface area contributed by atoms with Crippen LogP contribution in [0.1, 0.15) is 30.1 Å². The molecular formula is C18H21ClN2O2. The van der Waals surface area contributed by atoms with Crippen molar-refractivity contribution in [2.75, 3.05) is 13.7 Å². The van der Waals surface area contributed by atoms with Gasteiger partial charge in [-0.1, -0.05) is 29.8 Å². The molecular weight excluding hydrogens is 312 g/mol.